The third-order valence-electron chi connectivity index (χ3n) is 7.44. The molecule has 0 spiro atoms. The summed E-state index contributed by atoms with van der Waals surface area (Å²) in [7, 11) is 0. The van der Waals surface area contributed by atoms with Crippen LogP contribution in [0.15, 0.2) is 48.5 Å². The third-order valence-corrected chi connectivity index (χ3v) is 7.44. The van der Waals surface area contributed by atoms with Crippen LogP contribution < -0.4 is 0 Å². The van der Waals surface area contributed by atoms with Gasteiger partial charge in [0.15, 0.2) is 0 Å². The van der Waals surface area contributed by atoms with Crippen molar-refractivity contribution in [2.45, 2.75) is 134 Å². The average Bonchev–Trinajstić information content (AvgIpc) is 2.97. The molecule has 0 amide bonds. The van der Waals surface area contributed by atoms with Gasteiger partial charge in [-0.3, -0.25) is 9.59 Å². The van der Waals surface area contributed by atoms with Gasteiger partial charge in [-0.05, 0) is 48.2 Å². The molecule has 6 nitrogen and oxygen atoms in total. The van der Waals surface area contributed by atoms with Crippen molar-refractivity contribution >= 4 is 11.9 Å². The Morgan fingerprint density at radius 1 is 0.489 bits per heavy atom. The summed E-state index contributed by atoms with van der Waals surface area (Å²) in [6, 6.07) is 5.30. The highest BCUT2D eigenvalue weighted by molar-refractivity contribution is 5.66. The van der Waals surface area contributed by atoms with Crippen LogP contribution in [0.4, 0.5) is 26.3 Å². The summed E-state index contributed by atoms with van der Waals surface area (Å²) in [6.45, 7) is 4.40. The molecule has 2 aromatic rings. The lowest BCUT2D eigenvalue weighted by Crippen LogP contribution is -2.54. The molecule has 0 saturated heterocycles. The van der Waals surface area contributed by atoms with Crippen LogP contribution in [0.5, 0.6) is 11.5 Å². The topological polar surface area (TPSA) is 115 Å². The van der Waals surface area contributed by atoms with E-state index in [0.717, 1.165) is 49.9 Å². The number of rotatable bonds is 18. The zero-order valence-electron chi connectivity index (χ0n) is 27.3. The van der Waals surface area contributed by atoms with Crippen LogP contribution in [0, 0.1) is 0 Å². The van der Waals surface area contributed by atoms with Crippen molar-refractivity contribution in [3.63, 3.8) is 0 Å². The number of aromatic hydroxyl groups is 2. The molecule has 0 fully saturated rings. The van der Waals surface area contributed by atoms with Crippen molar-refractivity contribution in [2.24, 2.45) is 0 Å². The molecule has 0 heterocycles. The van der Waals surface area contributed by atoms with E-state index in [1.165, 1.54) is 64.2 Å². The number of hydrogen-bond acceptors (Lipinski definition) is 4. The van der Waals surface area contributed by atoms with Gasteiger partial charge in [0.2, 0.25) is 5.41 Å². The molecule has 268 valence electrons. The zero-order chi connectivity index (χ0) is 35.9. The fourth-order valence-electron chi connectivity index (χ4n) is 4.87. The molecule has 0 aliphatic carbocycles. The number of aliphatic carboxylic acids is 2. The second-order valence-electron chi connectivity index (χ2n) is 11.4. The smallest absolute Gasteiger partial charge is 0.411 e. The van der Waals surface area contributed by atoms with E-state index in [-0.39, 0.29) is 0 Å². The Morgan fingerprint density at radius 3 is 0.979 bits per heavy atom. The van der Waals surface area contributed by atoms with Gasteiger partial charge in [0.05, 0.1) is 0 Å². The summed E-state index contributed by atoms with van der Waals surface area (Å²) in [4.78, 5) is 20.3. The molecule has 0 radical (unpaired) electrons. The minimum Gasteiger partial charge on any atom is -0.508 e. The predicted molar refractivity (Wildman–Crippen MR) is 170 cm³/mol. The molecular weight excluding hydrogens is 630 g/mol. The number of unbranched alkanes of at least 4 members (excludes halogenated alkanes) is 12. The van der Waals surface area contributed by atoms with Crippen LogP contribution in [0.3, 0.4) is 0 Å². The first-order chi connectivity index (χ1) is 22.0. The molecule has 47 heavy (non-hydrogen) atoms. The monoisotopic (exact) mass is 680 g/mol. The number of phenolic OH excluding ortho intramolecular Hbond substituents is 2. The Labute approximate surface area is 273 Å². The maximum absolute atomic E-state index is 13.6. The van der Waals surface area contributed by atoms with Crippen LogP contribution in [0.25, 0.3) is 0 Å². The summed E-state index contributed by atoms with van der Waals surface area (Å²) < 4.78 is 81.6. The number of halogens is 6. The maximum Gasteiger partial charge on any atom is 0.411 e. The average molecular weight is 681 g/mol. The molecule has 4 N–H and O–H groups in total. The van der Waals surface area contributed by atoms with Crippen molar-refractivity contribution < 1.29 is 56.4 Å². The Kier molecular flexibility index (Phi) is 21.3. The molecule has 2 rings (SSSR count). The normalized spacial score (nSPS) is 11.6. The van der Waals surface area contributed by atoms with Gasteiger partial charge in [-0.1, -0.05) is 115 Å². The molecule has 0 aliphatic heterocycles. The third kappa shape index (κ3) is 16.8. The highest BCUT2D eigenvalue weighted by Gasteiger charge is 2.72. The molecule has 0 atom stereocenters. The standard InChI is InChI=1S/C15H10F6O2.2C10H20O2/c16-14(17,18)13(15(19,20)21,9-1-5-11(22)6-2-9)10-3-7-12(23)8-4-10;2*1-2-3-4-5-6-7-8-9-10(11)12/h1-8,22-23H;2*2-9H2,1H3,(H,11,12). The Balaban J connectivity index is 0.000000749. The predicted octanol–water partition coefficient (Wildman–Crippen LogP) is 10.9. The number of carboxylic acid groups (broad SMARTS) is 2. The first kappa shape index (κ1) is 43.6. The Hall–Kier alpha value is -3.44. The number of phenols is 2. The quantitative estimate of drug-likeness (QED) is 0.0920. The maximum atomic E-state index is 13.6. The summed E-state index contributed by atoms with van der Waals surface area (Å²) in [5.41, 5.74) is -6.44. The fourth-order valence-corrected chi connectivity index (χ4v) is 4.87. The SMILES string of the molecule is CCCCCCCCCC(=O)O.CCCCCCCCCC(=O)O.Oc1ccc(C(c2ccc(O)cc2)(C(F)(F)F)C(F)(F)F)cc1. The van der Waals surface area contributed by atoms with Crippen LogP contribution in [-0.4, -0.2) is 44.7 Å². The summed E-state index contributed by atoms with van der Waals surface area (Å²) in [6.07, 6.45) is 5.89. The van der Waals surface area contributed by atoms with Crippen LogP contribution in [0.1, 0.15) is 128 Å². The molecule has 0 saturated carbocycles. The van der Waals surface area contributed by atoms with Crippen molar-refractivity contribution in [3.8, 4) is 11.5 Å². The molecular formula is C35H50F6O6. The van der Waals surface area contributed by atoms with E-state index in [2.05, 4.69) is 13.8 Å². The number of hydrogen-bond donors (Lipinski definition) is 4. The Bertz CT molecular complexity index is 1030. The van der Waals surface area contributed by atoms with Crippen molar-refractivity contribution in [3.05, 3.63) is 59.7 Å². The zero-order valence-corrected chi connectivity index (χ0v) is 27.3. The summed E-state index contributed by atoms with van der Waals surface area (Å²) in [5, 5.41) is 35.0. The van der Waals surface area contributed by atoms with Crippen molar-refractivity contribution in [2.75, 3.05) is 0 Å². The van der Waals surface area contributed by atoms with E-state index in [1.807, 2.05) is 0 Å². The fraction of sp³-hybridized carbons (Fsp3) is 0.600. The second kappa shape index (κ2) is 23.0. The number of benzene rings is 2. The van der Waals surface area contributed by atoms with Crippen LogP contribution in [-0.2, 0) is 15.0 Å². The molecule has 0 bridgehead atoms. The molecule has 0 unspecified atom stereocenters. The second-order valence-corrected chi connectivity index (χ2v) is 11.4. The number of carboxylic acids is 2. The Morgan fingerprint density at radius 2 is 0.745 bits per heavy atom. The highest BCUT2D eigenvalue weighted by atomic mass is 19.4. The first-order valence-corrected chi connectivity index (χ1v) is 16.2. The van der Waals surface area contributed by atoms with Crippen LogP contribution >= 0.6 is 0 Å². The number of carbonyl (C=O) groups is 2. The summed E-state index contributed by atoms with van der Waals surface area (Å²) in [5.74, 6) is -2.25. The van der Waals surface area contributed by atoms with Crippen molar-refractivity contribution in [1.82, 2.24) is 0 Å². The van der Waals surface area contributed by atoms with Crippen LogP contribution in [0.2, 0.25) is 0 Å². The van der Waals surface area contributed by atoms with Gasteiger partial charge in [-0.15, -0.1) is 0 Å². The minimum atomic E-state index is -5.70. The lowest BCUT2D eigenvalue weighted by molar-refractivity contribution is -0.288. The minimum absolute atomic E-state index is 0.341. The number of alkyl halides is 6. The van der Waals surface area contributed by atoms with E-state index < -0.39 is 52.3 Å². The van der Waals surface area contributed by atoms with E-state index in [9.17, 15) is 35.9 Å². The molecule has 0 aromatic heterocycles. The van der Waals surface area contributed by atoms with Gasteiger partial charge in [0.1, 0.15) is 11.5 Å². The van der Waals surface area contributed by atoms with E-state index in [1.54, 1.807) is 0 Å². The molecule has 12 heteroatoms. The van der Waals surface area contributed by atoms with Gasteiger partial charge in [-0.25, -0.2) is 0 Å². The van der Waals surface area contributed by atoms with E-state index in [0.29, 0.717) is 37.1 Å². The van der Waals surface area contributed by atoms with Gasteiger partial charge in [0, 0.05) is 12.8 Å². The largest absolute Gasteiger partial charge is 0.508 e. The van der Waals surface area contributed by atoms with Gasteiger partial charge in [0.25, 0.3) is 0 Å². The highest BCUT2D eigenvalue weighted by Crippen LogP contribution is 2.56. The summed E-state index contributed by atoms with van der Waals surface area (Å²) >= 11 is 0. The molecule has 2 aromatic carbocycles. The van der Waals surface area contributed by atoms with E-state index in [4.69, 9.17) is 20.4 Å². The molecule has 0 aliphatic rings. The lowest BCUT2D eigenvalue weighted by atomic mass is 9.73. The first-order valence-electron chi connectivity index (χ1n) is 16.2. The van der Waals surface area contributed by atoms with E-state index >= 15 is 0 Å². The van der Waals surface area contributed by atoms with Gasteiger partial charge >= 0.3 is 24.3 Å². The lowest BCUT2D eigenvalue weighted by Gasteiger charge is -2.38. The van der Waals surface area contributed by atoms with Gasteiger partial charge in [-0.2, -0.15) is 26.3 Å². The van der Waals surface area contributed by atoms with Crippen molar-refractivity contribution in [1.29, 1.82) is 0 Å². The van der Waals surface area contributed by atoms with Gasteiger partial charge < -0.3 is 20.4 Å².